The van der Waals surface area contributed by atoms with Crippen LogP contribution in [0.2, 0.25) is 5.02 Å². The van der Waals surface area contributed by atoms with Crippen molar-refractivity contribution in [3.05, 3.63) is 23.2 Å². The zero-order valence-corrected chi connectivity index (χ0v) is 7.60. The van der Waals surface area contributed by atoms with Crippen molar-refractivity contribution >= 4 is 31.8 Å². The van der Waals surface area contributed by atoms with Crippen LogP contribution in [-0.4, -0.2) is 7.05 Å². The maximum Gasteiger partial charge on any atom is 0.0498 e. The number of rotatable bonds is 1. The highest BCUT2D eigenvalue weighted by Gasteiger charge is 1.93. The first-order valence-corrected chi connectivity index (χ1v) is 3.92. The van der Waals surface area contributed by atoms with Crippen LogP contribution in [0.4, 0.5) is 5.69 Å². The maximum absolute atomic E-state index is 5.83. The van der Waals surface area contributed by atoms with Crippen molar-refractivity contribution < 1.29 is 0 Å². The van der Waals surface area contributed by atoms with Crippen molar-refractivity contribution in [2.45, 2.75) is 0 Å². The molecule has 0 bridgehead atoms. The van der Waals surface area contributed by atoms with Gasteiger partial charge in [-0.1, -0.05) is 17.7 Å². The van der Waals surface area contributed by atoms with Gasteiger partial charge in [0.1, 0.15) is 0 Å². The molecule has 54 valence electrons. The lowest BCUT2D eigenvalue weighted by Crippen LogP contribution is -1.94. The Morgan fingerprint density at radius 2 is 2.20 bits per heavy atom. The summed E-state index contributed by atoms with van der Waals surface area (Å²) in [6.45, 7) is 0. The molecule has 0 spiro atoms. The average Bonchev–Trinajstić information content (AvgIpc) is 1.95. The fraction of sp³-hybridized carbons (Fsp3) is 0.143. The number of halogens is 1. The third kappa shape index (κ3) is 1.62. The van der Waals surface area contributed by atoms with Gasteiger partial charge in [-0.05, 0) is 17.4 Å². The van der Waals surface area contributed by atoms with Gasteiger partial charge in [-0.3, -0.25) is 0 Å². The zero-order chi connectivity index (χ0) is 7.56. The second-order valence-electron chi connectivity index (χ2n) is 1.99. The minimum Gasteiger partial charge on any atom is -0.388 e. The monoisotopic (exact) mass is 173 g/mol. The van der Waals surface area contributed by atoms with E-state index in [4.69, 9.17) is 11.6 Å². The maximum atomic E-state index is 5.83. The van der Waals surface area contributed by atoms with Gasteiger partial charge in [-0.15, -0.1) is 9.24 Å². The van der Waals surface area contributed by atoms with Crippen LogP contribution in [0.25, 0.3) is 0 Å². The highest BCUT2D eigenvalue weighted by atomic mass is 35.5. The minimum absolute atomic E-state index is 0.775. The summed E-state index contributed by atoms with van der Waals surface area (Å²) in [7, 11) is 4.44. The molecule has 0 aromatic heterocycles. The van der Waals surface area contributed by atoms with Crippen LogP contribution in [0.1, 0.15) is 0 Å². The van der Waals surface area contributed by atoms with E-state index in [0.29, 0.717) is 0 Å². The molecule has 10 heavy (non-hydrogen) atoms. The van der Waals surface area contributed by atoms with Crippen molar-refractivity contribution in [2.75, 3.05) is 12.4 Å². The van der Waals surface area contributed by atoms with Gasteiger partial charge in [-0.2, -0.15) is 0 Å². The van der Waals surface area contributed by atoms with E-state index in [1.54, 1.807) is 0 Å². The molecule has 0 aliphatic rings. The molecule has 1 rings (SSSR count). The number of hydrogen-bond donors (Lipinski definition) is 1. The van der Waals surface area contributed by atoms with Crippen LogP contribution in [0, 0.1) is 0 Å². The first-order chi connectivity index (χ1) is 4.74. The highest BCUT2D eigenvalue weighted by Crippen LogP contribution is 2.14. The van der Waals surface area contributed by atoms with Crippen LogP contribution in [0.5, 0.6) is 0 Å². The summed E-state index contributed by atoms with van der Waals surface area (Å²) in [6, 6.07) is 5.83. The van der Waals surface area contributed by atoms with Crippen molar-refractivity contribution in [3.63, 3.8) is 0 Å². The van der Waals surface area contributed by atoms with Gasteiger partial charge in [0.15, 0.2) is 0 Å². The second kappa shape index (κ2) is 3.23. The summed E-state index contributed by atoms with van der Waals surface area (Å²) in [5.41, 5.74) is 1.04. The van der Waals surface area contributed by atoms with Gasteiger partial charge >= 0.3 is 0 Å². The van der Waals surface area contributed by atoms with Crippen molar-refractivity contribution in [2.24, 2.45) is 0 Å². The van der Waals surface area contributed by atoms with Gasteiger partial charge in [0.2, 0.25) is 0 Å². The fourth-order valence-corrected chi connectivity index (χ4v) is 1.04. The standard InChI is InChI=1S/C7H9ClNP/c1-9-5-2-3-7(10)6(8)4-5/h2-4,9H,10H2,1H3. The molecule has 1 N–H and O–H groups in total. The van der Waals surface area contributed by atoms with Gasteiger partial charge in [0.05, 0.1) is 0 Å². The quantitative estimate of drug-likeness (QED) is 0.640. The Kier molecular flexibility index (Phi) is 2.53. The Morgan fingerprint density at radius 1 is 1.50 bits per heavy atom. The largest absolute Gasteiger partial charge is 0.388 e. The summed E-state index contributed by atoms with van der Waals surface area (Å²) in [5, 5.41) is 4.80. The van der Waals surface area contributed by atoms with E-state index in [9.17, 15) is 0 Å². The lowest BCUT2D eigenvalue weighted by Gasteiger charge is -2.01. The van der Waals surface area contributed by atoms with Crippen molar-refractivity contribution in [1.29, 1.82) is 0 Å². The van der Waals surface area contributed by atoms with E-state index < -0.39 is 0 Å². The summed E-state index contributed by atoms with van der Waals surface area (Å²) in [5.74, 6) is 0. The molecule has 0 saturated carbocycles. The molecule has 0 radical (unpaired) electrons. The third-order valence-corrected chi connectivity index (χ3v) is 2.30. The normalized spacial score (nSPS) is 9.50. The smallest absolute Gasteiger partial charge is 0.0498 e. The predicted octanol–water partition coefficient (Wildman–Crippen LogP) is 1.88. The second-order valence-corrected chi connectivity index (χ2v) is 3.02. The van der Waals surface area contributed by atoms with Gasteiger partial charge < -0.3 is 5.32 Å². The van der Waals surface area contributed by atoms with E-state index in [1.165, 1.54) is 0 Å². The Morgan fingerprint density at radius 3 is 2.70 bits per heavy atom. The molecule has 0 amide bonds. The van der Waals surface area contributed by atoms with Gasteiger partial charge in [0.25, 0.3) is 0 Å². The molecule has 0 aliphatic heterocycles. The van der Waals surface area contributed by atoms with Gasteiger partial charge in [0, 0.05) is 17.8 Å². The summed E-state index contributed by atoms with van der Waals surface area (Å²) in [4.78, 5) is 0. The zero-order valence-electron chi connectivity index (χ0n) is 5.69. The Hall–Kier alpha value is -0.260. The molecular formula is C7H9ClNP. The predicted molar refractivity (Wildman–Crippen MR) is 50.3 cm³/mol. The molecular weight excluding hydrogens is 165 g/mol. The summed E-state index contributed by atoms with van der Waals surface area (Å²) >= 11 is 5.83. The molecule has 3 heteroatoms. The molecule has 0 heterocycles. The molecule has 1 aromatic rings. The van der Waals surface area contributed by atoms with E-state index >= 15 is 0 Å². The Labute approximate surface area is 68.0 Å². The van der Waals surface area contributed by atoms with Gasteiger partial charge in [-0.25, -0.2) is 0 Å². The van der Waals surface area contributed by atoms with Crippen molar-refractivity contribution in [1.82, 2.24) is 0 Å². The molecule has 1 atom stereocenters. The Bertz CT molecular complexity index is 237. The van der Waals surface area contributed by atoms with Crippen LogP contribution >= 0.6 is 20.8 Å². The summed E-state index contributed by atoms with van der Waals surface area (Å²) in [6.07, 6.45) is 0. The first-order valence-electron chi connectivity index (χ1n) is 2.97. The highest BCUT2D eigenvalue weighted by molar-refractivity contribution is 7.28. The van der Waals surface area contributed by atoms with Crippen LogP contribution in [0.15, 0.2) is 18.2 Å². The number of hydrogen-bond acceptors (Lipinski definition) is 1. The number of benzene rings is 1. The lowest BCUT2D eigenvalue weighted by molar-refractivity contribution is 1.52. The van der Waals surface area contributed by atoms with E-state index in [-0.39, 0.29) is 0 Å². The van der Waals surface area contributed by atoms with Crippen LogP contribution in [-0.2, 0) is 0 Å². The summed E-state index contributed by atoms with van der Waals surface area (Å²) < 4.78 is 0. The minimum atomic E-state index is 0.775. The molecule has 0 aliphatic carbocycles. The van der Waals surface area contributed by atoms with Crippen LogP contribution < -0.4 is 10.6 Å². The van der Waals surface area contributed by atoms with Crippen molar-refractivity contribution in [3.8, 4) is 0 Å². The SMILES string of the molecule is CNc1ccc(P)c(Cl)c1. The fourth-order valence-electron chi connectivity index (χ4n) is 0.683. The molecule has 1 unspecified atom stereocenters. The van der Waals surface area contributed by atoms with E-state index in [2.05, 4.69) is 14.6 Å². The topological polar surface area (TPSA) is 12.0 Å². The first kappa shape index (κ1) is 7.84. The number of nitrogens with one attached hydrogen (secondary N) is 1. The molecule has 0 fully saturated rings. The van der Waals surface area contributed by atoms with Crippen LogP contribution in [0.3, 0.4) is 0 Å². The number of anilines is 1. The molecule has 0 saturated heterocycles. The van der Waals surface area contributed by atoms with E-state index in [0.717, 1.165) is 16.0 Å². The third-order valence-electron chi connectivity index (χ3n) is 1.29. The van der Waals surface area contributed by atoms with E-state index in [1.807, 2.05) is 25.2 Å². The lowest BCUT2D eigenvalue weighted by atomic mass is 10.3. The molecule has 1 aromatic carbocycles. The molecule has 1 nitrogen and oxygen atoms in total. The Balaban J connectivity index is 3.04. The average molecular weight is 174 g/mol.